The van der Waals surface area contributed by atoms with Gasteiger partial charge in [-0.1, -0.05) is 13.8 Å². The quantitative estimate of drug-likeness (QED) is 0.814. The van der Waals surface area contributed by atoms with Crippen molar-refractivity contribution in [3.05, 3.63) is 18.1 Å². The molecule has 2 aliphatic rings. The molecule has 1 amide bonds. The van der Waals surface area contributed by atoms with E-state index < -0.39 is 23.6 Å². The fourth-order valence-electron chi connectivity index (χ4n) is 3.59. The number of alkyl halides is 3. The molecule has 2 unspecified atom stereocenters. The monoisotopic (exact) mass is 402 g/mol. The zero-order chi connectivity index (χ0) is 20.4. The molecule has 3 heterocycles. The van der Waals surface area contributed by atoms with Gasteiger partial charge in [0.2, 0.25) is 5.91 Å². The number of hydrogen-bond acceptors (Lipinski definition) is 6. The van der Waals surface area contributed by atoms with Gasteiger partial charge in [0.05, 0.1) is 19.8 Å². The zero-order valence-electron chi connectivity index (χ0n) is 16.0. The Bertz CT molecular complexity index is 699. The molecule has 2 saturated heterocycles. The second-order valence-corrected chi connectivity index (χ2v) is 7.24. The zero-order valence-corrected chi connectivity index (χ0v) is 16.0. The molecule has 0 saturated carbocycles. The average molecular weight is 402 g/mol. The van der Waals surface area contributed by atoms with Crippen LogP contribution < -0.4 is 10.2 Å². The van der Waals surface area contributed by atoms with Crippen LogP contribution in [0.3, 0.4) is 0 Å². The van der Waals surface area contributed by atoms with Gasteiger partial charge in [0.15, 0.2) is 0 Å². The molecule has 0 bridgehead atoms. The minimum atomic E-state index is -4.53. The third-order valence-electron chi connectivity index (χ3n) is 5.24. The molecule has 1 spiro atoms. The van der Waals surface area contributed by atoms with Crippen molar-refractivity contribution in [2.75, 3.05) is 31.2 Å². The number of ether oxygens (including phenoxy) is 2. The standard InChI is InChI=1S/C18H25F3N4O3/c1-3-12(4-2)24-16(26)13-8-17(10-27-13)9-25(5-6-28-17)15-7-14(18(19,20)21)22-11-23-15/h7,11-13H,3-6,8-10H2,1-2H3,(H,24,26). The lowest BCUT2D eigenvalue weighted by atomic mass is 9.97. The first-order valence-electron chi connectivity index (χ1n) is 9.46. The van der Waals surface area contributed by atoms with Gasteiger partial charge in [-0.2, -0.15) is 13.2 Å². The van der Waals surface area contributed by atoms with E-state index in [2.05, 4.69) is 15.3 Å². The minimum absolute atomic E-state index is 0.0956. The number of amides is 1. The summed E-state index contributed by atoms with van der Waals surface area (Å²) in [5, 5.41) is 2.97. The number of hydrogen-bond donors (Lipinski definition) is 1. The first-order valence-corrected chi connectivity index (χ1v) is 9.46. The highest BCUT2D eigenvalue weighted by atomic mass is 19.4. The molecule has 3 rings (SSSR count). The van der Waals surface area contributed by atoms with E-state index in [0.29, 0.717) is 26.1 Å². The summed E-state index contributed by atoms with van der Waals surface area (Å²) in [5.74, 6) is 0.0163. The number of halogens is 3. The van der Waals surface area contributed by atoms with E-state index in [1.807, 2.05) is 13.8 Å². The van der Waals surface area contributed by atoms with Gasteiger partial charge in [0.25, 0.3) is 0 Å². The number of rotatable bonds is 5. The first kappa shape index (κ1) is 20.8. The van der Waals surface area contributed by atoms with Crippen molar-refractivity contribution in [3.8, 4) is 0 Å². The predicted molar refractivity (Wildman–Crippen MR) is 94.8 cm³/mol. The fourth-order valence-corrected chi connectivity index (χ4v) is 3.59. The van der Waals surface area contributed by atoms with Crippen LogP contribution in [0.1, 0.15) is 38.8 Å². The van der Waals surface area contributed by atoms with Crippen LogP contribution >= 0.6 is 0 Å². The average Bonchev–Trinajstić information content (AvgIpc) is 3.08. The summed E-state index contributed by atoms with van der Waals surface area (Å²) >= 11 is 0. The number of carbonyl (C=O) groups is 1. The molecule has 28 heavy (non-hydrogen) atoms. The Balaban J connectivity index is 1.68. The van der Waals surface area contributed by atoms with E-state index in [-0.39, 0.29) is 24.4 Å². The Morgan fingerprint density at radius 1 is 1.39 bits per heavy atom. The maximum Gasteiger partial charge on any atom is 0.433 e. The van der Waals surface area contributed by atoms with Gasteiger partial charge in [-0.05, 0) is 12.8 Å². The minimum Gasteiger partial charge on any atom is -0.369 e. The van der Waals surface area contributed by atoms with Crippen molar-refractivity contribution >= 4 is 11.7 Å². The molecule has 2 fully saturated rings. The van der Waals surface area contributed by atoms with Gasteiger partial charge in [-0.25, -0.2) is 9.97 Å². The molecule has 10 heteroatoms. The molecule has 0 radical (unpaired) electrons. The molecule has 1 aromatic heterocycles. The molecule has 2 atom stereocenters. The second kappa shape index (κ2) is 8.20. The number of aromatic nitrogens is 2. The number of nitrogens with zero attached hydrogens (tertiary/aromatic N) is 3. The summed E-state index contributed by atoms with van der Waals surface area (Å²) in [6, 6.07) is 1.03. The van der Waals surface area contributed by atoms with E-state index in [9.17, 15) is 18.0 Å². The van der Waals surface area contributed by atoms with Crippen molar-refractivity contribution < 1.29 is 27.4 Å². The predicted octanol–water partition coefficient (Wildman–Crippen LogP) is 2.16. The molecular weight excluding hydrogens is 377 g/mol. The molecule has 7 nitrogen and oxygen atoms in total. The molecule has 2 aliphatic heterocycles. The van der Waals surface area contributed by atoms with Crippen molar-refractivity contribution in [3.63, 3.8) is 0 Å². The molecule has 1 N–H and O–H groups in total. The van der Waals surface area contributed by atoms with Crippen LogP contribution in [0, 0.1) is 0 Å². The van der Waals surface area contributed by atoms with Gasteiger partial charge in [0, 0.05) is 25.1 Å². The van der Waals surface area contributed by atoms with Crippen LogP contribution in [0.5, 0.6) is 0 Å². The van der Waals surface area contributed by atoms with Crippen LogP contribution in [0.25, 0.3) is 0 Å². The summed E-state index contributed by atoms with van der Waals surface area (Å²) in [5.41, 5.74) is -1.72. The molecule has 156 valence electrons. The maximum atomic E-state index is 12.9. The van der Waals surface area contributed by atoms with Gasteiger partial charge < -0.3 is 19.7 Å². The summed E-state index contributed by atoms with van der Waals surface area (Å²) in [4.78, 5) is 21.5. The van der Waals surface area contributed by atoms with Crippen LogP contribution in [0.2, 0.25) is 0 Å². The van der Waals surface area contributed by atoms with Crippen LogP contribution in [-0.2, 0) is 20.4 Å². The van der Waals surface area contributed by atoms with Crippen molar-refractivity contribution in [2.45, 2.75) is 57.0 Å². The van der Waals surface area contributed by atoms with Gasteiger partial charge in [0.1, 0.15) is 29.5 Å². The van der Waals surface area contributed by atoms with Gasteiger partial charge in [-0.3, -0.25) is 4.79 Å². The van der Waals surface area contributed by atoms with E-state index in [0.717, 1.165) is 25.2 Å². The number of anilines is 1. The maximum absolute atomic E-state index is 12.9. The Morgan fingerprint density at radius 2 is 2.14 bits per heavy atom. The van der Waals surface area contributed by atoms with Gasteiger partial charge in [-0.15, -0.1) is 0 Å². The molecular formula is C18H25F3N4O3. The van der Waals surface area contributed by atoms with E-state index in [1.54, 1.807) is 4.90 Å². The summed E-state index contributed by atoms with van der Waals surface area (Å²) in [6.45, 7) is 5.24. The summed E-state index contributed by atoms with van der Waals surface area (Å²) in [6.07, 6.45) is -2.23. The smallest absolute Gasteiger partial charge is 0.369 e. The second-order valence-electron chi connectivity index (χ2n) is 7.24. The fraction of sp³-hybridized carbons (Fsp3) is 0.722. The topological polar surface area (TPSA) is 76.6 Å². The highest BCUT2D eigenvalue weighted by Gasteiger charge is 2.47. The number of morpholine rings is 1. The third-order valence-corrected chi connectivity index (χ3v) is 5.24. The third kappa shape index (κ3) is 4.54. The Kier molecular flexibility index (Phi) is 6.09. The van der Waals surface area contributed by atoms with Crippen LogP contribution in [0.4, 0.5) is 19.0 Å². The van der Waals surface area contributed by atoms with E-state index in [4.69, 9.17) is 9.47 Å². The Morgan fingerprint density at radius 3 is 2.82 bits per heavy atom. The van der Waals surface area contributed by atoms with E-state index in [1.165, 1.54) is 0 Å². The van der Waals surface area contributed by atoms with Crippen molar-refractivity contribution in [2.24, 2.45) is 0 Å². The lowest BCUT2D eigenvalue weighted by molar-refractivity contribution is -0.141. The lowest BCUT2D eigenvalue weighted by Crippen LogP contribution is -2.53. The van der Waals surface area contributed by atoms with Crippen LogP contribution in [-0.4, -0.2) is 59.9 Å². The van der Waals surface area contributed by atoms with Crippen molar-refractivity contribution in [1.29, 1.82) is 0 Å². The highest BCUT2D eigenvalue weighted by molar-refractivity contribution is 5.81. The largest absolute Gasteiger partial charge is 0.433 e. The molecule has 1 aromatic rings. The first-order chi connectivity index (χ1) is 13.3. The molecule has 0 aliphatic carbocycles. The Hall–Kier alpha value is -1.94. The van der Waals surface area contributed by atoms with E-state index >= 15 is 0 Å². The molecule has 0 aromatic carbocycles. The lowest BCUT2D eigenvalue weighted by Gasteiger charge is -2.40. The number of carbonyl (C=O) groups excluding carboxylic acids is 1. The normalized spacial score (nSPS) is 25.5. The highest BCUT2D eigenvalue weighted by Crippen LogP contribution is 2.34. The van der Waals surface area contributed by atoms with Crippen molar-refractivity contribution in [1.82, 2.24) is 15.3 Å². The summed E-state index contributed by atoms with van der Waals surface area (Å²) in [7, 11) is 0. The summed E-state index contributed by atoms with van der Waals surface area (Å²) < 4.78 is 50.4. The number of nitrogens with one attached hydrogen (secondary N) is 1. The SMILES string of the molecule is CCC(CC)NC(=O)C1CC2(CO1)CN(c1cc(C(F)(F)F)ncn1)CCO2. The van der Waals surface area contributed by atoms with Crippen LogP contribution in [0.15, 0.2) is 12.4 Å². The Labute approximate surface area is 161 Å². The van der Waals surface area contributed by atoms with Gasteiger partial charge >= 0.3 is 6.18 Å².